The molecule has 26 heavy (non-hydrogen) atoms. The smallest absolute Gasteiger partial charge is 0.286 e. The summed E-state index contributed by atoms with van der Waals surface area (Å²) < 4.78 is 0. The molecule has 4 nitrogen and oxygen atoms in total. The lowest BCUT2D eigenvalue weighted by atomic mass is 9.88. The van der Waals surface area contributed by atoms with E-state index in [0.717, 1.165) is 30.2 Å². The number of hydrogen-bond acceptors (Lipinski definition) is 4. The van der Waals surface area contributed by atoms with Crippen LogP contribution in [0.5, 0.6) is 0 Å². The molecule has 2 aromatic rings. The maximum atomic E-state index is 12.0. The summed E-state index contributed by atoms with van der Waals surface area (Å²) >= 11 is 1.10. The average molecular weight is 366 g/mol. The Balaban J connectivity index is 1.59. The zero-order valence-corrected chi connectivity index (χ0v) is 15.8. The SMILES string of the molecule is CC(c1ccc2c(c1)CCC(c1ccccc1)N2C)C1SC(=O)NC1=O. The van der Waals surface area contributed by atoms with E-state index < -0.39 is 0 Å². The summed E-state index contributed by atoms with van der Waals surface area (Å²) in [5, 5.41) is 1.81. The summed E-state index contributed by atoms with van der Waals surface area (Å²) in [5.41, 5.74) is 5.03. The van der Waals surface area contributed by atoms with Crippen molar-refractivity contribution in [3.8, 4) is 0 Å². The Hall–Kier alpha value is -2.27. The maximum Gasteiger partial charge on any atom is 0.286 e. The number of anilines is 1. The second kappa shape index (κ2) is 6.80. The molecule has 0 saturated carbocycles. The first-order valence-corrected chi connectivity index (χ1v) is 9.84. The molecular formula is C21H22N2O2S. The number of nitrogens with zero attached hydrogens (tertiary/aromatic N) is 1. The van der Waals surface area contributed by atoms with Gasteiger partial charge in [0.15, 0.2) is 0 Å². The number of carbonyl (C=O) groups is 2. The van der Waals surface area contributed by atoms with Crippen LogP contribution in [0.3, 0.4) is 0 Å². The van der Waals surface area contributed by atoms with E-state index in [4.69, 9.17) is 0 Å². The Morgan fingerprint density at radius 1 is 1.15 bits per heavy atom. The minimum Gasteiger partial charge on any atom is -0.367 e. The molecule has 2 aromatic carbocycles. The van der Waals surface area contributed by atoms with Crippen molar-refractivity contribution in [2.45, 2.75) is 37.0 Å². The largest absolute Gasteiger partial charge is 0.367 e. The molecule has 0 bridgehead atoms. The number of imide groups is 1. The summed E-state index contributed by atoms with van der Waals surface area (Å²) in [6.07, 6.45) is 2.09. The van der Waals surface area contributed by atoms with Crippen molar-refractivity contribution >= 4 is 28.6 Å². The normalized spacial score (nSPS) is 23.5. The molecule has 2 aliphatic heterocycles. The Bertz CT molecular complexity index is 852. The number of amides is 2. The van der Waals surface area contributed by atoms with Crippen LogP contribution in [-0.2, 0) is 11.2 Å². The fourth-order valence-electron chi connectivity index (χ4n) is 4.03. The van der Waals surface area contributed by atoms with Crippen LogP contribution >= 0.6 is 11.8 Å². The van der Waals surface area contributed by atoms with Crippen LogP contribution in [0.15, 0.2) is 48.5 Å². The van der Waals surface area contributed by atoms with Crippen molar-refractivity contribution < 1.29 is 9.59 Å². The molecule has 2 heterocycles. The lowest BCUT2D eigenvalue weighted by molar-refractivity contribution is -0.119. The fraction of sp³-hybridized carbons (Fsp3) is 0.333. The monoisotopic (exact) mass is 366 g/mol. The standard InChI is InChI=1S/C21H22N2O2S/c1-13(19-20(24)22-21(25)26-19)15-8-10-18-16(12-15)9-11-17(23(18)2)14-6-4-3-5-7-14/h3-8,10,12-13,17,19H,9,11H2,1-2H3,(H,22,24,25). The van der Waals surface area contributed by atoms with Crippen molar-refractivity contribution in [1.29, 1.82) is 0 Å². The number of nitrogens with one attached hydrogen (secondary N) is 1. The van der Waals surface area contributed by atoms with Gasteiger partial charge in [-0.3, -0.25) is 14.9 Å². The van der Waals surface area contributed by atoms with Crippen LogP contribution < -0.4 is 10.2 Å². The van der Waals surface area contributed by atoms with Crippen molar-refractivity contribution in [3.05, 3.63) is 65.2 Å². The number of rotatable bonds is 3. The van der Waals surface area contributed by atoms with Gasteiger partial charge in [0.25, 0.3) is 5.24 Å². The highest BCUT2D eigenvalue weighted by Gasteiger charge is 2.36. The van der Waals surface area contributed by atoms with Crippen molar-refractivity contribution in [2.75, 3.05) is 11.9 Å². The van der Waals surface area contributed by atoms with Gasteiger partial charge in [-0.05, 0) is 35.6 Å². The number of benzene rings is 2. The molecule has 0 aliphatic carbocycles. The molecule has 5 heteroatoms. The second-order valence-electron chi connectivity index (χ2n) is 7.07. The number of hydrogen-bond donors (Lipinski definition) is 1. The third-order valence-electron chi connectivity index (χ3n) is 5.52. The Labute approximate surface area is 158 Å². The topological polar surface area (TPSA) is 49.4 Å². The molecule has 1 N–H and O–H groups in total. The lowest BCUT2D eigenvalue weighted by Gasteiger charge is -2.37. The van der Waals surface area contributed by atoms with E-state index in [0.29, 0.717) is 6.04 Å². The molecule has 3 unspecified atom stereocenters. The highest BCUT2D eigenvalue weighted by Crippen LogP contribution is 2.40. The van der Waals surface area contributed by atoms with Crippen molar-refractivity contribution in [2.24, 2.45) is 0 Å². The van der Waals surface area contributed by atoms with E-state index in [1.165, 1.54) is 16.8 Å². The van der Waals surface area contributed by atoms with E-state index >= 15 is 0 Å². The Kier molecular flexibility index (Phi) is 4.49. The van der Waals surface area contributed by atoms with Crippen LogP contribution in [0.2, 0.25) is 0 Å². The summed E-state index contributed by atoms with van der Waals surface area (Å²) in [7, 11) is 2.15. The average Bonchev–Trinajstić information content (AvgIpc) is 3.00. The number of aryl methyl sites for hydroxylation is 1. The quantitative estimate of drug-likeness (QED) is 0.881. The summed E-state index contributed by atoms with van der Waals surface area (Å²) in [6.45, 7) is 2.02. The Morgan fingerprint density at radius 3 is 2.62 bits per heavy atom. The highest BCUT2D eigenvalue weighted by molar-refractivity contribution is 8.15. The summed E-state index contributed by atoms with van der Waals surface area (Å²) in [6, 6.07) is 17.5. The maximum absolute atomic E-state index is 12.0. The van der Waals surface area contributed by atoms with E-state index in [1.54, 1.807) is 0 Å². The molecule has 0 spiro atoms. The lowest BCUT2D eigenvalue weighted by Crippen LogP contribution is -2.30. The first kappa shape index (κ1) is 17.2. The van der Waals surface area contributed by atoms with E-state index in [-0.39, 0.29) is 22.3 Å². The number of carbonyl (C=O) groups excluding carboxylic acids is 2. The van der Waals surface area contributed by atoms with Gasteiger partial charge in [0, 0.05) is 18.7 Å². The molecular weight excluding hydrogens is 344 g/mol. The number of thioether (sulfide) groups is 1. The van der Waals surface area contributed by atoms with Crippen LogP contribution in [0.1, 0.15) is 42.0 Å². The Morgan fingerprint density at radius 2 is 1.92 bits per heavy atom. The minimum absolute atomic E-state index is 0.00824. The molecule has 2 amide bonds. The molecule has 0 aromatic heterocycles. The molecule has 134 valence electrons. The fourth-order valence-corrected chi connectivity index (χ4v) is 4.94. The van der Waals surface area contributed by atoms with Gasteiger partial charge in [-0.15, -0.1) is 0 Å². The molecule has 4 rings (SSSR count). The molecule has 3 atom stereocenters. The van der Waals surface area contributed by atoms with Crippen molar-refractivity contribution in [1.82, 2.24) is 5.32 Å². The van der Waals surface area contributed by atoms with E-state index in [2.05, 4.69) is 65.8 Å². The van der Waals surface area contributed by atoms with Gasteiger partial charge in [-0.2, -0.15) is 0 Å². The highest BCUT2D eigenvalue weighted by atomic mass is 32.2. The van der Waals surface area contributed by atoms with Gasteiger partial charge in [-0.25, -0.2) is 0 Å². The van der Waals surface area contributed by atoms with Gasteiger partial charge in [0.2, 0.25) is 5.91 Å². The molecule has 1 fully saturated rings. The first-order chi connectivity index (χ1) is 12.5. The third-order valence-corrected chi connectivity index (χ3v) is 6.71. The van der Waals surface area contributed by atoms with Gasteiger partial charge in [0.05, 0.1) is 11.3 Å². The van der Waals surface area contributed by atoms with E-state index in [1.807, 2.05) is 6.92 Å². The first-order valence-electron chi connectivity index (χ1n) is 8.96. The molecule has 2 aliphatic rings. The molecule has 0 radical (unpaired) electrons. The third kappa shape index (κ3) is 3.01. The van der Waals surface area contributed by atoms with Crippen LogP contribution in [0, 0.1) is 0 Å². The van der Waals surface area contributed by atoms with Crippen LogP contribution in [0.25, 0.3) is 0 Å². The minimum atomic E-state index is -0.334. The van der Waals surface area contributed by atoms with Gasteiger partial charge in [-0.1, -0.05) is 61.2 Å². The van der Waals surface area contributed by atoms with Crippen LogP contribution in [0.4, 0.5) is 10.5 Å². The summed E-state index contributed by atoms with van der Waals surface area (Å²) in [4.78, 5) is 25.8. The summed E-state index contributed by atoms with van der Waals surface area (Å²) in [5.74, 6) is -0.166. The predicted molar refractivity (Wildman–Crippen MR) is 106 cm³/mol. The predicted octanol–water partition coefficient (Wildman–Crippen LogP) is 4.27. The zero-order chi connectivity index (χ0) is 18.3. The van der Waals surface area contributed by atoms with Crippen LogP contribution in [-0.4, -0.2) is 23.4 Å². The van der Waals surface area contributed by atoms with Gasteiger partial charge < -0.3 is 4.90 Å². The molecule has 1 saturated heterocycles. The van der Waals surface area contributed by atoms with Crippen molar-refractivity contribution in [3.63, 3.8) is 0 Å². The van der Waals surface area contributed by atoms with Gasteiger partial charge >= 0.3 is 0 Å². The number of fused-ring (bicyclic) bond motifs is 1. The van der Waals surface area contributed by atoms with E-state index in [9.17, 15) is 9.59 Å². The van der Waals surface area contributed by atoms with Gasteiger partial charge in [0.1, 0.15) is 0 Å². The second-order valence-corrected chi connectivity index (χ2v) is 8.18. The zero-order valence-electron chi connectivity index (χ0n) is 14.9.